The number of carbonyl (C=O) groups is 1. The third-order valence-electron chi connectivity index (χ3n) is 1.74. The van der Waals surface area contributed by atoms with Gasteiger partial charge in [-0.2, -0.15) is 0 Å². The Morgan fingerprint density at radius 3 is 3.18 bits per heavy atom. The number of allylic oxidation sites excluding steroid dienone is 1. The second-order valence-corrected chi connectivity index (χ2v) is 2.64. The van der Waals surface area contributed by atoms with E-state index in [1.807, 2.05) is 6.08 Å². The minimum Gasteiger partial charge on any atom is -0.298 e. The first-order valence-corrected chi connectivity index (χ1v) is 4.07. The third kappa shape index (κ3) is 2.00. The summed E-state index contributed by atoms with van der Waals surface area (Å²) in [4.78, 5) is 14.8. The van der Waals surface area contributed by atoms with Crippen molar-refractivity contribution in [3.63, 3.8) is 0 Å². The van der Waals surface area contributed by atoms with Gasteiger partial charge >= 0.3 is 0 Å². The molecule has 0 spiro atoms. The number of aliphatic imine (C=N–C) groups is 1. The molecule has 0 atom stereocenters. The monoisotopic (exact) mass is 151 g/mol. The molecule has 1 aliphatic heterocycles. The lowest BCUT2D eigenvalue weighted by Gasteiger charge is -2.08. The van der Waals surface area contributed by atoms with Crippen LogP contribution in [0.2, 0.25) is 0 Å². The molecule has 11 heavy (non-hydrogen) atoms. The largest absolute Gasteiger partial charge is 0.298 e. The first-order chi connectivity index (χ1) is 5.38. The van der Waals surface area contributed by atoms with Crippen LogP contribution in [0.5, 0.6) is 0 Å². The quantitative estimate of drug-likeness (QED) is 0.565. The highest BCUT2D eigenvalue weighted by atomic mass is 16.1. The molecule has 0 aliphatic carbocycles. The summed E-state index contributed by atoms with van der Waals surface area (Å²) in [5.41, 5.74) is 1.80. The summed E-state index contributed by atoms with van der Waals surface area (Å²) in [5, 5.41) is 0. The number of hydrogen-bond donors (Lipinski definition) is 0. The molecule has 0 aromatic rings. The van der Waals surface area contributed by atoms with Gasteiger partial charge in [-0.05, 0) is 12.8 Å². The van der Waals surface area contributed by atoms with Crippen LogP contribution in [0.4, 0.5) is 0 Å². The van der Waals surface area contributed by atoms with Crippen molar-refractivity contribution in [1.82, 2.24) is 0 Å². The summed E-state index contributed by atoms with van der Waals surface area (Å²) >= 11 is 0. The predicted octanol–water partition coefficient (Wildman–Crippen LogP) is 1.76. The van der Waals surface area contributed by atoms with Gasteiger partial charge in [0, 0.05) is 17.8 Å². The summed E-state index contributed by atoms with van der Waals surface area (Å²) in [6, 6.07) is 0. The van der Waals surface area contributed by atoms with Crippen LogP contribution >= 0.6 is 0 Å². The summed E-state index contributed by atoms with van der Waals surface area (Å²) < 4.78 is 0. The van der Waals surface area contributed by atoms with E-state index in [-0.39, 0.29) is 0 Å². The fourth-order valence-corrected chi connectivity index (χ4v) is 1.20. The van der Waals surface area contributed by atoms with Gasteiger partial charge in [-0.15, -0.1) is 0 Å². The van der Waals surface area contributed by atoms with E-state index in [4.69, 9.17) is 0 Å². The highest BCUT2D eigenvalue weighted by molar-refractivity contribution is 6.15. The van der Waals surface area contributed by atoms with Crippen LogP contribution in [0.3, 0.4) is 0 Å². The lowest BCUT2D eigenvalue weighted by Crippen LogP contribution is -2.09. The zero-order valence-electron chi connectivity index (χ0n) is 6.84. The van der Waals surface area contributed by atoms with Crippen molar-refractivity contribution in [3.8, 4) is 0 Å². The summed E-state index contributed by atoms with van der Waals surface area (Å²) in [6.45, 7) is 2.95. The average Bonchev–Trinajstić information content (AvgIpc) is 2.06. The van der Waals surface area contributed by atoms with Crippen molar-refractivity contribution in [2.75, 3.05) is 6.54 Å². The zero-order chi connectivity index (χ0) is 8.10. The number of carbonyl (C=O) groups excluding carboxylic acids is 1. The fraction of sp³-hybridized carbons (Fsp3) is 0.556. The van der Waals surface area contributed by atoms with Gasteiger partial charge in [0.25, 0.3) is 0 Å². The Morgan fingerprint density at radius 1 is 1.73 bits per heavy atom. The number of rotatable bonds is 3. The standard InChI is InChI=1S/C9H13NO/c1-2-4-9-8(7-11)5-3-6-10-9/h5,7H,2-4,6H2,1H3. The molecule has 60 valence electrons. The molecule has 0 bridgehead atoms. The van der Waals surface area contributed by atoms with Crippen molar-refractivity contribution in [3.05, 3.63) is 11.6 Å². The molecular weight excluding hydrogens is 138 g/mol. The van der Waals surface area contributed by atoms with E-state index < -0.39 is 0 Å². The van der Waals surface area contributed by atoms with Crippen molar-refractivity contribution in [2.24, 2.45) is 4.99 Å². The second kappa shape index (κ2) is 4.06. The summed E-state index contributed by atoms with van der Waals surface area (Å²) in [5.74, 6) is 0. The molecule has 0 saturated carbocycles. The molecule has 0 radical (unpaired) electrons. The van der Waals surface area contributed by atoms with E-state index in [0.717, 1.165) is 43.4 Å². The Hall–Kier alpha value is -0.920. The topological polar surface area (TPSA) is 29.4 Å². The van der Waals surface area contributed by atoms with Crippen molar-refractivity contribution >= 4 is 12.0 Å². The molecule has 2 heteroatoms. The summed E-state index contributed by atoms with van der Waals surface area (Å²) in [6.07, 6.45) is 5.80. The van der Waals surface area contributed by atoms with Crippen molar-refractivity contribution in [1.29, 1.82) is 0 Å². The predicted molar refractivity (Wildman–Crippen MR) is 46.0 cm³/mol. The molecule has 0 saturated heterocycles. The normalized spacial score (nSPS) is 17.2. The van der Waals surface area contributed by atoms with E-state index in [0.29, 0.717) is 0 Å². The molecule has 0 N–H and O–H groups in total. The van der Waals surface area contributed by atoms with E-state index in [2.05, 4.69) is 11.9 Å². The number of aldehydes is 1. The molecular formula is C9H13NO. The van der Waals surface area contributed by atoms with E-state index in [1.165, 1.54) is 0 Å². The van der Waals surface area contributed by atoms with Crippen LogP contribution in [0.1, 0.15) is 26.2 Å². The number of nitrogens with zero attached hydrogens (tertiary/aromatic N) is 1. The first-order valence-electron chi connectivity index (χ1n) is 4.07. The molecule has 0 aromatic heterocycles. The Labute approximate surface area is 67.0 Å². The highest BCUT2D eigenvalue weighted by Gasteiger charge is 2.07. The zero-order valence-corrected chi connectivity index (χ0v) is 6.84. The maximum absolute atomic E-state index is 10.5. The molecule has 0 fully saturated rings. The van der Waals surface area contributed by atoms with Crippen molar-refractivity contribution < 1.29 is 4.79 Å². The minimum absolute atomic E-state index is 0.804. The first kappa shape index (κ1) is 8.18. The molecule has 0 unspecified atom stereocenters. The van der Waals surface area contributed by atoms with Gasteiger partial charge in [0.1, 0.15) is 0 Å². The van der Waals surface area contributed by atoms with Crippen LogP contribution in [0, 0.1) is 0 Å². The minimum atomic E-state index is 0.804. The fourth-order valence-electron chi connectivity index (χ4n) is 1.20. The molecule has 1 heterocycles. The maximum Gasteiger partial charge on any atom is 0.151 e. The van der Waals surface area contributed by atoms with E-state index >= 15 is 0 Å². The molecule has 0 amide bonds. The lowest BCUT2D eigenvalue weighted by atomic mass is 10.0. The lowest BCUT2D eigenvalue weighted by molar-refractivity contribution is -0.104. The van der Waals surface area contributed by atoms with Gasteiger partial charge < -0.3 is 0 Å². The van der Waals surface area contributed by atoms with Gasteiger partial charge in [-0.25, -0.2) is 0 Å². The van der Waals surface area contributed by atoms with Crippen LogP contribution in [-0.4, -0.2) is 18.5 Å². The Balaban J connectivity index is 2.66. The van der Waals surface area contributed by atoms with Gasteiger partial charge in [-0.3, -0.25) is 9.79 Å². The van der Waals surface area contributed by atoms with Gasteiger partial charge in [-0.1, -0.05) is 19.4 Å². The van der Waals surface area contributed by atoms with Gasteiger partial charge in [0.05, 0.1) is 0 Å². The van der Waals surface area contributed by atoms with Crippen LogP contribution < -0.4 is 0 Å². The second-order valence-electron chi connectivity index (χ2n) is 2.64. The van der Waals surface area contributed by atoms with Gasteiger partial charge in [0.15, 0.2) is 6.29 Å². The maximum atomic E-state index is 10.5. The Bertz CT molecular complexity index is 204. The Morgan fingerprint density at radius 2 is 2.55 bits per heavy atom. The average molecular weight is 151 g/mol. The number of hydrogen-bond acceptors (Lipinski definition) is 2. The Kier molecular flexibility index (Phi) is 3.02. The van der Waals surface area contributed by atoms with E-state index in [1.54, 1.807) is 0 Å². The molecule has 1 aliphatic rings. The van der Waals surface area contributed by atoms with Crippen LogP contribution in [-0.2, 0) is 4.79 Å². The molecule has 0 aromatic carbocycles. The van der Waals surface area contributed by atoms with Crippen LogP contribution in [0.25, 0.3) is 0 Å². The van der Waals surface area contributed by atoms with Crippen LogP contribution in [0.15, 0.2) is 16.6 Å². The molecule has 1 rings (SSSR count). The van der Waals surface area contributed by atoms with E-state index in [9.17, 15) is 4.79 Å². The third-order valence-corrected chi connectivity index (χ3v) is 1.74. The smallest absolute Gasteiger partial charge is 0.151 e. The highest BCUT2D eigenvalue weighted by Crippen LogP contribution is 2.09. The van der Waals surface area contributed by atoms with Crippen molar-refractivity contribution in [2.45, 2.75) is 26.2 Å². The summed E-state index contributed by atoms with van der Waals surface area (Å²) in [7, 11) is 0. The van der Waals surface area contributed by atoms with Gasteiger partial charge in [0.2, 0.25) is 0 Å². The SMILES string of the molecule is CCCC1=NCCC=C1C=O. The number of dihydropyridines is 1. The molecule has 2 nitrogen and oxygen atoms in total.